The summed E-state index contributed by atoms with van der Waals surface area (Å²) in [6, 6.07) is 10.9. The molecule has 2 heterocycles. The predicted octanol–water partition coefficient (Wildman–Crippen LogP) is 2.99. The van der Waals surface area contributed by atoms with Crippen LogP contribution in [0.4, 0.5) is 17.6 Å². The minimum absolute atomic E-state index is 0.0378. The molecule has 24 heavy (non-hydrogen) atoms. The smallest absolute Gasteiger partial charge is 0.249 e. The number of rotatable bonds is 3. The van der Waals surface area contributed by atoms with Crippen molar-refractivity contribution in [2.45, 2.75) is 26.2 Å². The third-order valence-electron chi connectivity index (χ3n) is 3.61. The van der Waals surface area contributed by atoms with Gasteiger partial charge in [-0.25, -0.2) is 4.98 Å². The summed E-state index contributed by atoms with van der Waals surface area (Å²) in [5.74, 6) is 1.20. The van der Waals surface area contributed by atoms with Crippen LogP contribution < -0.4 is 11.1 Å². The molecule has 124 valence electrons. The fourth-order valence-corrected chi connectivity index (χ4v) is 2.25. The lowest BCUT2D eigenvalue weighted by Gasteiger charge is -2.20. The number of phenolic OH excluding ortho intramolecular Hbond substituents is 1. The largest absolute Gasteiger partial charge is 0.506 e. The standard InChI is InChI=1S/C17H20N6O/c1-17(2,3)11-7-8-13(24)12(10-11)20-16-21-15(18)23(22-16)14-6-4-5-9-19-14/h4-10,24H,1-3H3,(H3,18,20,21,22). The number of nitrogens with zero attached hydrogens (tertiary/aromatic N) is 4. The second-order valence-electron chi connectivity index (χ2n) is 6.50. The van der Waals surface area contributed by atoms with Gasteiger partial charge >= 0.3 is 0 Å². The summed E-state index contributed by atoms with van der Waals surface area (Å²) < 4.78 is 1.44. The molecule has 0 atom stereocenters. The van der Waals surface area contributed by atoms with Crippen LogP contribution in [-0.4, -0.2) is 24.9 Å². The third kappa shape index (κ3) is 3.15. The van der Waals surface area contributed by atoms with Crippen molar-refractivity contribution in [1.29, 1.82) is 0 Å². The van der Waals surface area contributed by atoms with Crippen molar-refractivity contribution < 1.29 is 5.11 Å². The van der Waals surface area contributed by atoms with Crippen LogP contribution in [0.3, 0.4) is 0 Å². The van der Waals surface area contributed by atoms with E-state index >= 15 is 0 Å². The summed E-state index contributed by atoms with van der Waals surface area (Å²) >= 11 is 0. The number of hydrogen-bond acceptors (Lipinski definition) is 6. The summed E-state index contributed by atoms with van der Waals surface area (Å²) in [5, 5.41) is 17.4. The van der Waals surface area contributed by atoms with Crippen LogP contribution >= 0.6 is 0 Å². The number of aromatic hydroxyl groups is 1. The molecule has 0 unspecified atom stereocenters. The van der Waals surface area contributed by atoms with Crippen molar-refractivity contribution in [3.8, 4) is 11.6 Å². The topological polar surface area (TPSA) is 102 Å². The first-order chi connectivity index (χ1) is 11.3. The lowest BCUT2D eigenvalue weighted by Crippen LogP contribution is -2.11. The highest BCUT2D eigenvalue weighted by molar-refractivity contribution is 5.64. The first kappa shape index (κ1) is 15.8. The van der Waals surface area contributed by atoms with Crippen molar-refractivity contribution >= 4 is 17.6 Å². The van der Waals surface area contributed by atoms with Gasteiger partial charge in [-0.3, -0.25) is 0 Å². The first-order valence-corrected chi connectivity index (χ1v) is 7.59. The van der Waals surface area contributed by atoms with Gasteiger partial charge < -0.3 is 16.2 Å². The molecule has 4 N–H and O–H groups in total. The quantitative estimate of drug-likeness (QED) is 0.640. The molecule has 3 rings (SSSR count). The highest BCUT2D eigenvalue weighted by Crippen LogP contribution is 2.32. The molecule has 7 heteroatoms. The Morgan fingerprint density at radius 3 is 2.62 bits per heavy atom. The molecule has 7 nitrogen and oxygen atoms in total. The highest BCUT2D eigenvalue weighted by atomic mass is 16.3. The number of nitrogens with two attached hydrogens (primary N) is 1. The maximum atomic E-state index is 10.1. The number of anilines is 3. The van der Waals surface area contributed by atoms with Crippen LogP contribution in [0.15, 0.2) is 42.6 Å². The minimum atomic E-state index is -0.0378. The van der Waals surface area contributed by atoms with Crippen LogP contribution in [0, 0.1) is 0 Å². The molecular formula is C17H20N6O. The third-order valence-corrected chi connectivity index (χ3v) is 3.61. The Morgan fingerprint density at radius 2 is 1.96 bits per heavy atom. The van der Waals surface area contributed by atoms with Gasteiger partial charge in [0.25, 0.3) is 0 Å². The summed E-state index contributed by atoms with van der Waals surface area (Å²) in [6.07, 6.45) is 1.65. The fraction of sp³-hybridized carbons (Fsp3) is 0.235. The molecule has 0 saturated carbocycles. The summed E-state index contributed by atoms with van der Waals surface area (Å²) in [7, 11) is 0. The van der Waals surface area contributed by atoms with E-state index in [1.165, 1.54) is 4.68 Å². The molecule has 2 aromatic heterocycles. The predicted molar refractivity (Wildman–Crippen MR) is 93.7 cm³/mol. The van der Waals surface area contributed by atoms with E-state index in [-0.39, 0.29) is 17.1 Å². The van der Waals surface area contributed by atoms with E-state index < -0.39 is 0 Å². The first-order valence-electron chi connectivity index (χ1n) is 7.59. The molecule has 0 bridgehead atoms. The molecule has 3 aromatic rings. The van der Waals surface area contributed by atoms with E-state index in [0.29, 0.717) is 17.5 Å². The maximum absolute atomic E-state index is 10.1. The van der Waals surface area contributed by atoms with Crippen LogP contribution in [0.5, 0.6) is 5.75 Å². The normalized spacial score (nSPS) is 11.5. The Morgan fingerprint density at radius 1 is 1.17 bits per heavy atom. The van der Waals surface area contributed by atoms with E-state index in [1.807, 2.05) is 24.3 Å². The highest BCUT2D eigenvalue weighted by Gasteiger charge is 2.17. The average Bonchev–Trinajstić information content (AvgIpc) is 2.90. The average molecular weight is 324 g/mol. The van der Waals surface area contributed by atoms with Crippen molar-refractivity contribution in [3.63, 3.8) is 0 Å². The Balaban J connectivity index is 1.93. The second kappa shape index (κ2) is 5.84. The molecule has 0 aliphatic rings. The lowest BCUT2D eigenvalue weighted by atomic mass is 9.87. The Bertz CT molecular complexity index is 851. The SMILES string of the molecule is CC(C)(C)c1ccc(O)c(Nc2nc(N)n(-c3ccccn3)n2)c1. The zero-order chi connectivity index (χ0) is 17.3. The zero-order valence-electron chi connectivity index (χ0n) is 13.9. The molecule has 0 aliphatic carbocycles. The zero-order valence-corrected chi connectivity index (χ0v) is 13.9. The van der Waals surface area contributed by atoms with E-state index in [0.717, 1.165) is 5.56 Å². The van der Waals surface area contributed by atoms with Crippen molar-refractivity contribution in [2.24, 2.45) is 0 Å². The molecule has 1 aromatic carbocycles. The Hall–Kier alpha value is -3.09. The van der Waals surface area contributed by atoms with Crippen LogP contribution in [-0.2, 0) is 5.41 Å². The maximum Gasteiger partial charge on any atom is 0.249 e. The summed E-state index contributed by atoms with van der Waals surface area (Å²) in [4.78, 5) is 8.38. The van der Waals surface area contributed by atoms with Crippen molar-refractivity contribution in [3.05, 3.63) is 48.2 Å². The number of aromatic nitrogens is 4. The van der Waals surface area contributed by atoms with Gasteiger partial charge in [-0.1, -0.05) is 32.9 Å². The van der Waals surface area contributed by atoms with Crippen LogP contribution in [0.25, 0.3) is 5.82 Å². The van der Waals surface area contributed by atoms with Gasteiger partial charge in [-0.05, 0) is 35.2 Å². The van der Waals surface area contributed by atoms with Crippen molar-refractivity contribution in [1.82, 2.24) is 19.7 Å². The van der Waals surface area contributed by atoms with E-state index in [2.05, 4.69) is 41.2 Å². The Labute approximate surface area is 140 Å². The van der Waals surface area contributed by atoms with E-state index in [1.54, 1.807) is 18.3 Å². The monoisotopic (exact) mass is 324 g/mol. The van der Waals surface area contributed by atoms with Gasteiger partial charge in [0.1, 0.15) is 5.75 Å². The number of phenols is 1. The van der Waals surface area contributed by atoms with Gasteiger partial charge in [0.15, 0.2) is 5.82 Å². The van der Waals surface area contributed by atoms with Gasteiger partial charge in [0.05, 0.1) is 5.69 Å². The number of pyridine rings is 1. The van der Waals surface area contributed by atoms with E-state index in [9.17, 15) is 5.11 Å². The Kier molecular flexibility index (Phi) is 3.84. The molecular weight excluding hydrogens is 304 g/mol. The number of nitrogen functional groups attached to an aromatic ring is 1. The fourth-order valence-electron chi connectivity index (χ4n) is 2.25. The molecule has 0 fully saturated rings. The van der Waals surface area contributed by atoms with Crippen molar-refractivity contribution in [2.75, 3.05) is 11.1 Å². The number of benzene rings is 1. The molecule has 0 saturated heterocycles. The molecule has 0 radical (unpaired) electrons. The van der Waals surface area contributed by atoms with E-state index in [4.69, 9.17) is 5.73 Å². The lowest BCUT2D eigenvalue weighted by molar-refractivity contribution is 0.476. The molecule has 0 aliphatic heterocycles. The van der Waals surface area contributed by atoms with Crippen LogP contribution in [0.1, 0.15) is 26.3 Å². The van der Waals surface area contributed by atoms with Gasteiger partial charge in [-0.2, -0.15) is 9.67 Å². The summed E-state index contributed by atoms with van der Waals surface area (Å²) in [5.41, 5.74) is 7.48. The minimum Gasteiger partial charge on any atom is -0.506 e. The van der Waals surface area contributed by atoms with Gasteiger partial charge in [0.2, 0.25) is 11.9 Å². The second-order valence-corrected chi connectivity index (χ2v) is 6.50. The van der Waals surface area contributed by atoms with Crippen LogP contribution in [0.2, 0.25) is 0 Å². The van der Waals surface area contributed by atoms with Gasteiger partial charge in [-0.15, -0.1) is 5.10 Å². The summed E-state index contributed by atoms with van der Waals surface area (Å²) in [6.45, 7) is 6.32. The molecule has 0 spiro atoms. The molecule has 0 amide bonds. The number of hydrogen-bond donors (Lipinski definition) is 3. The van der Waals surface area contributed by atoms with Gasteiger partial charge in [0, 0.05) is 6.20 Å². The number of nitrogens with one attached hydrogen (secondary N) is 1.